The summed E-state index contributed by atoms with van der Waals surface area (Å²) in [6.45, 7) is 2.83. The number of nitrogens with two attached hydrogens (primary N) is 1. The van der Waals surface area contributed by atoms with E-state index in [-0.39, 0.29) is 17.4 Å². The Morgan fingerprint density at radius 1 is 1.30 bits per heavy atom. The number of phenols is 2. The van der Waals surface area contributed by atoms with Gasteiger partial charge in [-0.2, -0.15) is 0 Å². The molecule has 0 aromatic heterocycles. The average Bonchev–Trinajstić information content (AvgIpc) is 2.42. The minimum atomic E-state index is -0.634. The van der Waals surface area contributed by atoms with Gasteiger partial charge in [0.1, 0.15) is 0 Å². The average molecular weight is 280 g/mol. The van der Waals surface area contributed by atoms with E-state index in [1.807, 2.05) is 0 Å². The maximum absolute atomic E-state index is 12.1. The van der Waals surface area contributed by atoms with Gasteiger partial charge in [-0.25, -0.2) is 0 Å². The molecule has 0 bridgehead atoms. The number of benzene rings is 1. The van der Waals surface area contributed by atoms with Gasteiger partial charge in [0.05, 0.1) is 6.04 Å². The van der Waals surface area contributed by atoms with E-state index in [2.05, 4.69) is 6.92 Å². The Kier molecular flexibility index (Phi) is 6.31. The fourth-order valence-electron chi connectivity index (χ4n) is 2.03. The van der Waals surface area contributed by atoms with Crippen LogP contribution in [0.2, 0.25) is 0 Å². The summed E-state index contributed by atoms with van der Waals surface area (Å²) in [5.41, 5.74) is 6.63. The Hall–Kier alpha value is -1.75. The number of hydrogen-bond donors (Lipinski definition) is 3. The van der Waals surface area contributed by atoms with Gasteiger partial charge in [0.25, 0.3) is 0 Å². The van der Waals surface area contributed by atoms with Crippen LogP contribution >= 0.6 is 0 Å². The summed E-state index contributed by atoms with van der Waals surface area (Å²) in [5.74, 6) is -0.475. The quantitative estimate of drug-likeness (QED) is 0.523. The van der Waals surface area contributed by atoms with E-state index in [1.54, 1.807) is 18.0 Å². The van der Waals surface area contributed by atoms with Gasteiger partial charge in [-0.1, -0.05) is 25.8 Å². The maximum Gasteiger partial charge on any atom is 0.239 e. The second-order valence-electron chi connectivity index (χ2n) is 5.10. The molecule has 0 saturated heterocycles. The van der Waals surface area contributed by atoms with E-state index in [9.17, 15) is 15.0 Å². The van der Waals surface area contributed by atoms with Crippen LogP contribution in [-0.2, 0) is 11.2 Å². The van der Waals surface area contributed by atoms with Crippen LogP contribution in [0.5, 0.6) is 11.5 Å². The third-order valence-electron chi connectivity index (χ3n) is 3.29. The lowest BCUT2D eigenvalue weighted by Crippen LogP contribution is -2.43. The first-order valence-electron chi connectivity index (χ1n) is 6.97. The Labute approximate surface area is 120 Å². The first-order chi connectivity index (χ1) is 9.45. The topological polar surface area (TPSA) is 86.8 Å². The molecule has 1 aromatic rings. The molecule has 5 nitrogen and oxygen atoms in total. The summed E-state index contributed by atoms with van der Waals surface area (Å²) in [6, 6.07) is 3.84. The molecule has 20 heavy (non-hydrogen) atoms. The number of carbonyl (C=O) groups is 1. The largest absolute Gasteiger partial charge is 0.504 e. The molecule has 0 unspecified atom stereocenters. The summed E-state index contributed by atoms with van der Waals surface area (Å²) in [4.78, 5) is 13.7. The Balaban J connectivity index is 2.54. The van der Waals surface area contributed by atoms with Gasteiger partial charge in [-0.15, -0.1) is 0 Å². The molecule has 0 aliphatic heterocycles. The normalized spacial score (nSPS) is 12.2. The van der Waals surface area contributed by atoms with E-state index >= 15 is 0 Å². The van der Waals surface area contributed by atoms with Gasteiger partial charge in [0.2, 0.25) is 5.91 Å². The number of likely N-dealkylation sites (N-methyl/N-ethyl adjacent to an activating group) is 1. The minimum Gasteiger partial charge on any atom is -0.504 e. The van der Waals surface area contributed by atoms with Crippen LogP contribution in [0.3, 0.4) is 0 Å². The first-order valence-corrected chi connectivity index (χ1v) is 6.97. The molecule has 0 fully saturated rings. The van der Waals surface area contributed by atoms with Crippen molar-refractivity contribution in [3.05, 3.63) is 23.8 Å². The second kappa shape index (κ2) is 7.75. The molecule has 0 aliphatic rings. The Morgan fingerprint density at radius 3 is 2.60 bits per heavy atom. The number of rotatable bonds is 7. The van der Waals surface area contributed by atoms with Crippen molar-refractivity contribution in [3.8, 4) is 11.5 Å². The molecule has 1 rings (SSSR count). The van der Waals surface area contributed by atoms with Crippen LogP contribution in [0.4, 0.5) is 0 Å². The van der Waals surface area contributed by atoms with Crippen molar-refractivity contribution in [3.63, 3.8) is 0 Å². The highest BCUT2D eigenvalue weighted by molar-refractivity contribution is 5.81. The molecule has 0 radical (unpaired) electrons. The zero-order chi connectivity index (χ0) is 15.1. The van der Waals surface area contributed by atoms with Gasteiger partial charge < -0.3 is 20.8 Å². The van der Waals surface area contributed by atoms with Gasteiger partial charge in [0.15, 0.2) is 11.5 Å². The zero-order valence-electron chi connectivity index (χ0n) is 12.2. The van der Waals surface area contributed by atoms with Gasteiger partial charge in [-0.3, -0.25) is 4.79 Å². The first kappa shape index (κ1) is 16.3. The SMILES string of the molecule is CCCCCN(C)C(=O)[C@@H](N)Cc1ccc(O)c(O)c1. The number of carbonyl (C=O) groups excluding carboxylic acids is 1. The number of phenolic OH excluding ortho intramolecular Hbond substituents is 2. The van der Waals surface area contributed by atoms with Crippen molar-refractivity contribution in [1.82, 2.24) is 4.90 Å². The molecule has 0 saturated carbocycles. The molecule has 1 aromatic carbocycles. The fourth-order valence-corrected chi connectivity index (χ4v) is 2.03. The predicted molar refractivity (Wildman–Crippen MR) is 78.6 cm³/mol. The second-order valence-corrected chi connectivity index (χ2v) is 5.10. The monoisotopic (exact) mass is 280 g/mol. The molecular formula is C15H24N2O3. The molecule has 1 atom stereocenters. The molecule has 0 spiro atoms. The van der Waals surface area contributed by atoms with Gasteiger partial charge in [0, 0.05) is 13.6 Å². The van der Waals surface area contributed by atoms with E-state index < -0.39 is 6.04 Å². The molecule has 4 N–H and O–H groups in total. The van der Waals surface area contributed by atoms with Crippen molar-refractivity contribution < 1.29 is 15.0 Å². The summed E-state index contributed by atoms with van der Waals surface area (Å²) >= 11 is 0. The molecular weight excluding hydrogens is 256 g/mol. The molecule has 112 valence electrons. The standard InChI is InChI=1S/C15H24N2O3/c1-3-4-5-8-17(2)15(20)12(16)9-11-6-7-13(18)14(19)10-11/h6-7,10,12,18-19H,3-5,8-9,16H2,1-2H3/t12-/m0/s1. The number of aromatic hydroxyl groups is 2. The number of hydrogen-bond acceptors (Lipinski definition) is 4. The van der Waals surface area contributed by atoms with Crippen molar-refractivity contribution in [1.29, 1.82) is 0 Å². The Bertz CT molecular complexity index is 449. The van der Waals surface area contributed by atoms with Crippen LogP contribution in [0, 0.1) is 0 Å². The summed E-state index contributed by atoms with van der Waals surface area (Å²) in [6.07, 6.45) is 3.52. The van der Waals surface area contributed by atoms with Crippen molar-refractivity contribution in [2.24, 2.45) is 5.73 Å². The summed E-state index contributed by atoms with van der Waals surface area (Å²) < 4.78 is 0. The third-order valence-corrected chi connectivity index (χ3v) is 3.29. The van der Waals surface area contributed by atoms with Crippen molar-refractivity contribution >= 4 is 5.91 Å². The lowest BCUT2D eigenvalue weighted by molar-refractivity contribution is -0.131. The van der Waals surface area contributed by atoms with Gasteiger partial charge in [-0.05, 0) is 30.5 Å². The molecule has 1 amide bonds. The van der Waals surface area contributed by atoms with E-state index in [4.69, 9.17) is 5.73 Å². The maximum atomic E-state index is 12.1. The zero-order valence-corrected chi connectivity index (χ0v) is 12.2. The fraction of sp³-hybridized carbons (Fsp3) is 0.533. The molecule has 5 heteroatoms. The number of amides is 1. The minimum absolute atomic E-state index is 0.103. The van der Waals surface area contributed by atoms with Crippen LogP contribution < -0.4 is 5.73 Å². The van der Waals surface area contributed by atoms with Crippen molar-refractivity contribution in [2.45, 2.75) is 38.6 Å². The predicted octanol–water partition coefficient (Wildman–Crippen LogP) is 1.62. The smallest absolute Gasteiger partial charge is 0.239 e. The van der Waals surface area contributed by atoms with E-state index in [0.717, 1.165) is 24.8 Å². The van der Waals surface area contributed by atoms with Crippen LogP contribution in [-0.4, -0.2) is 40.7 Å². The lowest BCUT2D eigenvalue weighted by Gasteiger charge is -2.21. The highest BCUT2D eigenvalue weighted by atomic mass is 16.3. The Morgan fingerprint density at radius 2 is 2.00 bits per heavy atom. The molecule has 0 heterocycles. The van der Waals surface area contributed by atoms with E-state index in [0.29, 0.717) is 13.0 Å². The van der Waals surface area contributed by atoms with Crippen LogP contribution in [0.15, 0.2) is 18.2 Å². The molecule has 0 aliphatic carbocycles. The highest BCUT2D eigenvalue weighted by Crippen LogP contribution is 2.25. The number of unbranched alkanes of at least 4 members (excludes halogenated alkanes) is 2. The number of nitrogens with zero attached hydrogens (tertiary/aromatic N) is 1. The lowest BCUT2D eigenvalue weighted by atomic mass is 10.0. The summed E-state index contributed by atoms with van der Waals surface area (Å²) in [5, 5.41) is 18.7. The van der Waals surface area contributed by atoms with Gasteiger partial charge >= 0.3 is 0 Å². The highest BCUT2D eigenvalue weighted by Gasteiger charge is 2.18. The summed E-state index contributed by atoms with van der Waals surface area (Å²) in [7, 11) is 1.76. The van der Waals surface area contributed by atoms with E-state index in [1.165, 1.54) is 12.1 Å². The third kappa shape index (κ3) is 4.74. The van der Waals surface area contributed by atoms with Crippen molar-refractivity contribution in [2.75, 3.05) is 13.6 Å². The van der Waals surface area contributed by atoms with Crippen LogP contribution in [0.25, 0.3) is 0 Å². The van der Waals surface area contributed by atoms with Crippen LogP contribution in [0.1, 0.15) is 31.7 Å².